The molecule has 0 aliphatic heterocycles. The highest BCUT2D eigenvalue weighted by Crippen LogP contribution is 2.27. The summed E-state index contributed by atoms with van der Waals surface area (Å²) in [6, 6.07) is 12.4. The summed E-state index contributed by atoms with van der Waals surface area (Å²) in [5, 5.41) is 3.30. The topological polar surface area (TPSA) is 38.3 Å². The van der Waals surface area contributed by atoms with Crippen LogP contribution >= 0.6 is 27.5 Å². The first kappa shape index (κ1) is 16.8. The van der Waals surface area contributed by atoms with Crippen molar-refractivity contribution < 1.29 is 9.53 Å². The number of hydrogen-bond acceptors (Lipinski definition) is 2. The summed E-state index contributed by atoms with van der Waals surface area (Å²) in [5.74, 6) is 0.525. The van der Waals surface area contributed by atoms with Crippen LogP contribution in [-0.2, 0) is 0 Å². The van der Waals surface area contributed by atoms with Gasteiger partial charge in [0.2, 0.25) is 0 Å². The monoisotopic (exact) mass is 381 g/mol. The highest BCUT2D eigenvalue weighted by Gasteiger charge is 2.11. The van der Waals surface area contributed by atoms with E-state index in [9.17, 15) is 4.79 Å². The molecule has 0 aliphatic carbocycles. The molecule has 0 bridgehead atoms. The fraction of sp³-hybridized carbons (Fsp3) is 0.235. The van der Waals surface area contributed by atoms with Crippen molar-refractivity contribution in [2.45, 2.75) is 19.8 Å². The molecule has 1 N–H and O–H groups in total. The zero-order valence-corrected chi connectivity index (χ0v) is 14.6. The number of benzene rings is 2. The molecule has 0 heterocycles. The summed E-state index contributed by atoms with van der Waals surface area (Å²) in [6.45, 7) is 2.78. The van der Waals surface area contributed by atoms with Gasteiger partial charge in [-0.25, -0.2) is 0 Å². The quantitative estimate of drug-likeness (QED) is 0.667. The van der Waals surface area contributed by atoms with Crippen LogP contribution in [0.25, 0.3) is 0 Å². The Hall–Kier alpha value is -1.52. The highest BCUT2D eigenvalue weighted by molar-refractivity contribution is 9.10. The van der Waals surface area contributed by atoms with Crippen LogP contribution in [0.3, 0.4) is 0 Å². The highest BCUT2D eigenvalue weighted by atomic mass is 79.9. The molecular formula is C17H17BrClNO2. The molecule has 0 aliphatic rings. The summed E-state index contributed by atoms with van der Waals surface area (Å²) in [5.41, 5.74) is 1.13. The van der Waals surface area contributed by atoms with Gasteiger partial charge in [-0.3, -0.25) is 4.79 Å². The van der Waals surface area contributed by atoms with Crippen LogP contribution < -0.4 is 10.1 Å². The normalized spacial score (nSPS) is 10.3. The summed E-state index contributed by atoms with van der Waals surface area (Å²) in [4.78, 5) is 12.3. The molecule has 0 aromatic heterocycles. The minimum atomic E-state index is -0.214. The number of nitrogens with one attached hydrogen (secondary N) is 1. The lowest BCUT2D eigenvalue weighted by Gasteiger charge is -2.10. The minimum Gasteiger partial charge on any atom is -0.492 e. The Bertz CT molecular complexity index is 661. The molecule has 22 heavy (non-hydrogen) atoms. The van der Waals surface area contributed by atoms with Crippen molar-refractivity contribution in [1.82, 2.24) is 0 Å². The third-order valence-corrected chi connectivity index (χ3v) is 4.02. The van der Waals surface area contributed by atoms with Crippen molar-refractivity contribution in [3.05, 3.63) is 57.5 Å². The van der Waals surface area contributed by atoms with Crippen molar-refractivity contribution in [2.75, 3.05) is 11.9 Å². The summed E-state index contributed by atoms with van der Waals surface area (Å²) >= 11 is 9.48. The second-order valence-corrected chi connectivity index (χ2v) is 6.04. The van der Waals surface area contributed by atoms with Crippen LogP contribution in [0.2, 0.25) is 5.02 Å². The molecule has 3 nitrogen and oxygen atoms in total. The zero-order chi connectivity index (χ0) is 15.9. The number of anilines is 1. The number of halogens is 2. The Balaban J connectivity index is 2.07. The van der Waals surface area contributed by atoms with Gasteiger partial charge in [0.05, 0.1) is 21.8 Å². The van der Waals surface area contributed by atoms with Gasteiger partial charge < -0.3 is 10.1 Å². The standard InChI is InChI=1S/C17H17BrClNO2/c1-2-3-10-22-16-9-8-12(11-13(16)18)17(21)20-15-7-5-4-6-14(15)19/h4-9,11H,2-3,10H2,1H3,(H,20,21). The van der Waals surface area contributed by atoms with Crippen molar-refractivity contribution in [2.24, 2.45) is 0 Å². The van der Waals surface area contributed by atoms with Crippen LogP contribution in [0.4, 0.5) is 5.69 Å². The van der Waals surface area contributed by atoms with Crippen molar-refractivity contribution in [3.63, 3.8) is 0 Å². The average Bonchev–Trinajstić information content (AvgIpc) is 2.51. The lowest BCUT2D eigenvalue weighted by Crippen LogP contribution is -2.12. The van der Waals surface area contributed by atoms with Gasteiger partial charge >= 0.3 is 0 Å². The molecule has 116 valence electrons. The van der Waals surface area contributed by atoms with Gasteiger partial charge in [-0.05, 0) is 52.7 Å². The number of rotatable bonds is 6. The van der Waals surface area contributed by atoms with Crippen molar-refractivity contribution in [1.29, 1.82) is 0 Å². The summed E-state index contributed by atoms with van der Waals surface area (Å²) < 4.78 is 6.41. The van der Waals surface area contributed by atoms with Crippen molar-refractivity contribution in [3.8, 4) is 5.75 Å². The fourth-order valence-corrected chi connectivity index (χ4v) is 2.52. The first-order chi connectivity index (χ1) is 10.6. The van der Waals surface area contributed by atoms with Gasteiger partial charge in [0, 0.05) is 5.56 Å². The van der Waals surface area contributed by atoms with E-state index < -0.39 is 0 Å². The fourth-order valence-electron chi connectivity index (χ4n) is 1.84. The smallest absolute Gasteiger partial charge is 0.255 e. The van der Waals surface area contributed by atoms with Crippen molar-refractivity contribution >= 4 is 39.1 Å². The van der Waals surface area contributed by atoms with Gasteiger partial charge in [-0.15, -0.1) is 0 Å². The maximum Gasteiger partial charge on any atom is 0.255 e. The predicted molar refractivity (Wildman–Crippen MR) is 94.0 cm³/mol. The van der Waals surface area contributed by atoms with E-state index >= 15 is 0 Å². The largest absolute Gasteiger partial charge is 0.492 e. The van der Waals surface area contributed by atoms with Crippen LogP contribution in [0, 0.1) is 0 Å². The van der Waals surface area contributed by atoms with E-state index in [-0.39, 0.29) is 5.91 Å². The maximum absolute atomic E-state index is 12.3. The molecule has 2 aromatic carbocycles. The van der Waals surface area contributed by atoms with E-state index in [0.717, 1.165) is 23.1 Å². The molecule has 0 radical (unpaired) electrons. The molecule has 2 rings (SSSR count). The number of amides is 1. The number of carbonyl (C=O) groups excluding carboxylic acids is 1. The molecule has 0 saturated carbocycles. The number of hydrogen-bond donors (Lipinski definition) is 1. The Kier molecular flexibility index (Phi) is 6.28. The van der Waals surface area contributed by atoms with Crippen LogP contribution in [-0.4, -0.2) is 12.5 Å². The molecule has 0 unspecified atom stereocenters. The number of ether oxygens (including phenoxy) is 1. The second-order valence-electron chi connectivity index (χ2n) is 4.78. The molecular weight excluding hydrogens is 366 g/mol. The van der Waals surface area contributed by atoms with E-state index in [1.807, 2.05) is 12.1 Å². The molecule has 0 fully saturated rings. The summed E-state index contributed by atoms with van der Waals surface area (Å²) in [7, 11) is 0. The van der Waals surface area contributed by atoms with E-state index in [0.29, 0.717) is 22.9 Å². The molecule has 1 amide bonds. The van der Waals surface area contributed by atoms with Crippen LogP contribution in [0.15, 0.2) is 46.9 Å². The number of carbonyl (C=O) groups is 1. The lowest BCUT2D eigenvalue weighted by molar-refractivity contribution is 0.102. The third-order valence-electron chi connectivity index (χ3n) is 3.07. The second kappa shape index (κ2) is 8.20. The van der Waals surface area contributed by atoms with Crippen LogP contribution in [0.1, 0.15) is 30.1 Å². The van der Waals surface area contributed by atoms with E-state index in [2.05, 4.69) is 28.2 Å². The van der Waals surface area contributed by atoms with E-state index in [1.54, 1.807) is 30.3 Å². The van der Waals surface area contributed by atoms with Gasteiger partial charge in [0.15, 0.2) is 0 Å². The van der Waals surface area contributed by atoms with Gasteiger partial charge in [-0.1, -0.05) is 37.1 Å². The van der Waals surface area contributed by atoms with Gasteiger partial charge in [-0.2, -0.15) is 0 Å². The predicted octanol–water partition coefficient (Wildman–Crippen LogP) is 5.53. The zero-order valence-electron chi connectivity index (χ0n) is 12.2. The Morgan fingerprint density at radius 1 is 1.27 bits per heavy atom. The Morgan fingerprint density at radius 2 is 2.05 bits per heavy atom. The summed E-state index contributed by atoms with van der Waals surface area (Å²) in [6.07, 6.45) is 2.08. The number of unbranched alkanes of at least 4 members (excludes halogenated alkanes) is 1. The first-order valence-corrected chi connectivity index (χ1v) is 8.27. The number of para-hydroxylation sites is 1. The molecule has 2 aromatic rings. The Morgan fingerprint density at radius 3 is 2.73 bits per heavy atom. The molecule has 5 heteroatoms. The lowest BCUT2D eigenvalue weighted by atomic mass is 10.2. The molecule has 0 spiro atoms. The van der Waals surface area contributed by atoms with Gasteiger partial charge in [0.25, 0.3) is 5.91 Å². The minimum absolute atomic E-state index is 0.214. The maximum atomic E-state index is 12.3. The molecule has 0 atom stereocenters. The Labute approximate surface area is 143 Å². The first-order valence-electron chi connectivity index (χ1n) is 7.10. The molecule has 0 saturated heterocycles. The SMILES string of the molecule is CCCCOc1ccc(C(=O)Nc2ccccc2Cl)cc1Br. The third kappa shape index (κ3) is 4.49. The van der Waals surface area contributed by atoms with Gasteiger partial charge in [0.1, 0.15) is 5.75 Å². The van der Waals surface area contributed by atoms with E-state index in [4.69, 9.17) is 16.3 Å². The average molecular weight is 383 g/mol. The van der Waals surface area contributed by atoms with Crippen LogP contribution in [0.5, 0.6) is 5.75 Å². The van der Waals surface area contributed by atoms with E-state index in [1.165, 1.54) is 0 Å².